The van der Waals surface area contributed by atoms with Crippen LogP contribution in [0.15, 0.2) is 54.6 Å². The molecule has 0 aromatic heterocycles. The van der Waals surface area contributed by atoms with Crippen LogP contribution >= 0.6 is 0 Å². The summed E-state index contributed by atoms with van der Waals surface area (Å²) in [5, 5.41) is 0. The van der Waals surface area contributed by atoms with E-state index >= 15 is 0 Å². The minimum Gasteiger partial charge on any atom is -0.466 e. The van der Waals surface area contributed by atoms with E-state index in [4.69, 9.17) is 4.74 Å². The van der Waals surface area contributed by atoms with Crippen molar-refractivity contribution in [2.75, 3.05) is 32.8 Å². The third kappa shape index (κ3) is 6.44. The van der Waals surface area contributed by atoms with Gasteiger partial charge in [-0.05, 0) is 81.3 Å². The summed E-state index contributed by atoms with van der Waals surface area (Å²) in [7, 11) is 0. The number of rotatable bonds is 7. The van der Waals surface area contributed by atoms with Crippen molar-refractivity contribution >= 4 is 11.9 Å². The molecule has 0 saturated carbocycles. The Morgan fingerprint density at radius 3 is 2.15 bits per heavy atom. The number of hydrogen-bond donors (Lipinski definition) is 0. The van der Waals surface area contributed by atoms with Gasteiger partial charge in [0.2, 0.25) is 0 Å². The van der Waals surface area contributed by atoms with Crippen LogP contribution in [-0.4, -0.2) is 54.5 Å². The van der Waals surface area contributed by atoms with Crippen LogP contribution in [0.4, 0.5) is 0 Å². The highest BCUT2D eigenvalue weighted by Gasteiger charge is 2.28. The summed E-state index contributed by atoms with van der Waals surface area (Å²) in [5.74, 6) is 0.633. The molecule has 33 heavy (non-hydrogen) atoms. The van der Waals surface area contributed by atoms with E-state index in [0.29, 0.717) is 32.5 Å². The van der Waals surface area contributed by atoms with Gasteiger partial charge < -0.3 is 9.64 Å². The summed E-state index contributed by atoms with van der Waals surface area (Å²) in [6.07, 6.45) is 5.04. The molecule has 2 aromatic carbocycles. The van der Waals surface area contributed by atoms with Crippen molar-refractivity contribution in [3.05, 3.63) is 71.3 Å². The third-order valence-electron chi connectivity index (χ3n) is 7.08. The molecule has 0 spiro atoms. The maximum atomic E-state index is 12.9. The number of hydrogen-bond acceptors (Lipinski definition) is 4. The second kappa shape index (κ2) is 11.5. The van der Waals surface area contributed by atoms with Crippen LogP contribution < -0.4 is 0 Å². The molecule has 2 aromatic rings. The molecule has 0 radical (unpaired) electrons. The molecular formula is C28H36N2O3. The molecular weight excluding hydrogens is 412 g/mol. The SMILES string of the molecule is CCOC(=O)C1CCN(C(=O)c2ccc(CN3CCC(Cc4ccccc4)CC3)cc2)CC1. The number of nitrogens with zero attached hydrogens (tertiary/aromatic N) is 2. The number of benzene rings is 2. The molecule has 4 rings (SSSR count). The largest absolute Gasteiger partial charge is 0.466 e. The second-order valence-electron chi connectivity index (χ2n) is 9.42. The lowest BCUT2D eigenvalue weighted by atomic mass is 9.90. The van der Waals surface area contributed by atoms with E-state index < -0.39 is 0 Å². The summed E-state index contributed by atoms with van der Waals surface area (Å²) >= 11 is 0. The Bertz CT molecular complexity index is 896. The summed E-state index contributed by atoms with van der Waals surface area (Å²) in [4.78, 5) is 29.2. The summed E-state index contributed by atoms with van der Waals surface area (Å²) < 4.78 is 5.12. The van der Waals surface area contributed by atoms with Crippen molar-refractivity contribution in [3.8, 4) is 0 Å². The number of likely N-dealkylation sites (tertiary alicyclic amines) is 2. The first-order valence-electron chi connectivity index (χ1n) is 12.4. The number of piperidine rings is 2. The van der Waals surface area contributed by atoms with Crippen LogP contribution in [0.3, 0.4) is 0 Å². The Kier molecular flexibility index (Phi) is 8.16. The first-order chi connectivity index (χ1) is 16.1. The number of esters is 1. The van der Waals surface area contributed by atoms with Crippen molar-refractivity contribution in [1.82, 2.24) is 9.80 Å². The lowest BCUT2D eigenvalue weighted by molar-refractivity contribution is -0.149. The molecule has 2 aliphatic heterocycles. The van der Waals surface area contributed by atoms with Gasteiger partial charge in [-0.3, -0.25) is 14.5 Å². The molecule has 0 atom stereocenters. The molecule has 0 N–H and O–H groups in total. The smallest absolute Gasteiger partial charge is 0.309 e. The highest BCUT2D eigenvalue weighted by Crippen LogP contribution is 2.24. The van der Waals surface area contributed by atoms with Crippen LogP contribution in [0.5, 0.6) is 0 Å². The van der Waals surface area contributed by atoms with Crippen LogP contribution in [-0.2, 0) is 22.5 Å². The minimum atomic E-state index is -0.127. The van der Waals surface area contributed by atoms with E-state index in [0.717, 1.165) is 31.1 Å². The highest BCUT2D eigenvalue weighted by molar-refractivity contribution is 5.94. The normalized spacial score (nSPS) is 18.3. The first-order valence-corrected chi connectivity index (χ1v) is 12.4. The molecule has 2 saturated heterocycles. The van der Waals surface area contributed by atoms with Gasteiger partial charge in [0.15, 0.2) is 0 Å². The Hall–Kier alpha value is -2.66. The molecule has 0 unspecified atom stereocenters. The van der Waals surface area contributed by atoms with Crippen molar-refractivity contribution in [2.45, 2.75) is 45.6 Å². The highest BCUT2D eigenvalue weighted by atomic mass is 16.5. The lowest BCUT2D eigenvalue weighted by Gasteiger charge is -2.32. The summed E-state index contributed by atoms with van der Waals surface area (Å²) in [5.41, 5.74) is 3.44. The third-order valence-corrected chi connectivity index (χ3v) is 7.08. The number of carbonyl (C=O) groups is 2. The standard InChI is InChI=1S/C28H36N2O3/c1-2-33-28(32)26-14-18-30(19-15-26)27(31)25-10-8-24(9-11-25)21-29-16-12-23(13-17-29)20-22-6-4-3-5-7-22/h3-11,23,26H,2,12-21H2,1H3. The average Bonchev–Trinajstić information content (AvgIpc) is 2.86. The Morgan fingerprint density at radius 1 is 0.848 bits per heavy atom. The lowest BCUT2D eigenvalue weighted by Crippen LogP contribution is -2.40. The van der Waals surface area contributed by atoms with E-state index in [9.17, 15) is 9.59 Å². The van der Waals surface area contributed by atoms with Crippen LogP contribution in [0, 0.1) is 11.8 Å². The van der Waals surface area contributed by atoms with Crippen molar-refractivity contribution in [1.29, 1.82) is 0 Å². The fraction of sp³-hybridized carbons (Fsp3) is 0.500. The van der Waals surface area contributed by atoms with E-state index in [2.05, 4.69) is 47.4 Å². The van der Waals surface area contributed by atoms with Gasteiger partial charge in [0, 0.05) is 25.2 Å². The molecule has 176 valence electrons. The average molecular weight is 449 g/mol. The van der Waals surface area contributed by atoms with Crippen molar-refractivity contribution < 1.29 is 14.3 Å². The summed E-state index contributed by atoms with van der Waals surface area (Å²) in [6.45, 7) is 6.67. The van der Waals surface area contributed by atoms with Crippen molar-refractivity contribution in [3.63, 3.8) is 0 Å². The van der Waals surface area contributed by atoms with E-state index in [1.807, 2.05) is 24.0 Å². The zero-order valence-corrected chi connectivity index (χ0v) is 19.7. The van der Waals surface area contributed by atoms with Gasteiger partial charge in [-0.1, -0.05) is 42.5 Å². The predicted molar refractivity (Wildman–Crippen MR) is 130 cm³/mol. The van der Waals surface area contributed by atoms with Gasteiger partial charge in [-0.15, -0.1) is 0 Å². The second-order valence-corrected chi connectivity index (χ2v) is 9.42. The van der Waals surface area contributed by atoms with Crippen LogP contribution in [0.1, 0.15) is 54.1 Å². The van der Waals surface area contributed by atoms with Gasteiger partial charge in [0.05, 0.1) is 12.5 Å². The Balaban J connectivity index is 1.22. The van der Waals surface area contributed by atoms with Gasteiger partial charge in [0.25, 0.3) is 5.91 Å². The quantitative estimate of drug-likeness (QED) is 0.583. The zero-order chi connectivity index (χ0) is 23.0. The number of carbonyl (C=O) groups excluding carboxylic acids is 2. The van der Waals surface area contributed by atoms with Gasteiger partial charge in [-0.2, -0.15) is 0 Å². The topological polar surface area (TPSA) is 49.9 Å². The molecule has 1 amide bonds. The Morgan fingerprint density at radius 2 is 1.52 bits per heavy atom. The molecule has 0 bridgehead atoms. The molecule has 0 aliphatic carbocycles. The van der Waals surface area contributed by atoms with Crippen molar-refractivity contribution in [2.24, 2.45) is 11.8 Å². The molecule has 5 nitrogen and oxygen atoms in total. The van der Waals surface area contributed by atoms with Gasteiger partial charge >= 0.3 is 5.97 Å². The zero-order valence-electron chi connectivity index (χ0n) is 19.7. The van der Waals surface area contributed by atoms with E-state index in [1.54, 1.807) is 0 Å². The maximum absolute atomic E-state index is 12.9. The monoisotopic (exact) mass is 448 g/mol. The van der Waals surface area contributed by atoms with E-state index in [1.165, 1.54) is 30.4 Å². The Labute approximate surface area is 197 Å². The predicted octanol–water partition coefficient (Wildman–Crippen LogP) is 4.56. The van der Waals surface area contributed by atoms with Crippen LogP contribution in [0.2, 0.25) is 0 Å². The number of ether oxygens (including phenoxy) is 1. The minimum absolute atomic E-state index is 0.0607. The maximum Gasteiger partial charge on any atom is 0.309 e. The van der Waals surface area contributed by atoms with Crippen LogP contribution in [0.25, 0.3) is 0 Å². The molecule has 5 heteroatoms. The number of amides is 1. The molecule has 2 heterocycles. The first kappa shape index (κ1) is 23.5. The van der Waals surface area contributed by atoms with Gasteiger partial charge in [0.1, 0.15) is 0 Å². The summed E-state index contributed by atoms with van der Waals surface area (Å²) in [6, 6.07) is 18.9. The molecule has 2 fully saturated rings. The van der Waals surface area contributed by atoms with Gasteiger partial charge in [-0.25, -0.2) is 0 Å². The molecule has 2 aliphatic rings. The fourth-order valence-electron chi connectivity index (χ4n) is 5.07. The fourth-order valence-corrected chi connectivity index (χ4v) is 5.07. The van der Waals surface area contributed by atoms with E-state index in [-0.39, 0.29) is 17.8 Å².